The third kappa shape index (κ3) is 2.86. The van der Waals surface area contributed by atoms with Gasteiger partial charge in [0.25, 0.3) is 0 Å². The van der Waals surface area contributed by atoms with Gasteiger partial charge in [-0.25, -0.2) is 4.39 Å². The van der Waals surface area contributed by atoms with Crippen molar-refractivity contribution in [3.05, 3.63) is 62.3 Å². The first kappa shape index (κ1) is 15.0. The van der Waals surface area contributed by atoms with Crippen molar-refractivity contribution in [2.75, 3.05) is 7.11 Å². The maximum atomic E-state index is 13.5. The van der Waals surface area contributed by atoms with E-state index in [2.05, 4.69) is 15.9 Å². The van der Waals surface area contributed by atoms with Crippen molar-refractivity contribution in [2.45, 2.75) is 6.92 Å². The average Bonchev–Trinajstić information content (AvgIpc) is 2.40. The van der Waals surface area contributed by atoms with Gasteiger partial charge >= 0.3 is 0 Å². The lowest BCUT2D eigenvalue weighted by Crippen LogP contribution is -2.06. The van der Waals surface area contributed by atoms with Crippen molar-refractivity contribution in [3.63, 3.8) is 0 Å². The number of rotatable bonds is 3. The monoisotopic (exact) mass is 356 g/mol. The number of hydrogen-bond acceptors (Lipinski definition) is 2. The van der Waals surface area contributed by atoms with E-state index in [4.69, 9.17) is 16.3 Å². The molecule has 0 aliphatic rings. The molecule has 2 nitrogen and oxygen atoms in total. The van der Waals surface area contributed by atoms with E-state index in [1.54, 1.807) is 25.1 Å². The van der Waals surface area contributed by atoms with Crippen molar-refractivity contribution in [1.29, 1.82) is 0 Å². The molecule has 0 heterocycles. The summed E-state index contributed by atoms with van der Waals surface area (Å²) in [6.45, 7) is 1.80. The van der Waals surface area contributed by atoms with Crippen LogP contribution in [0.2, 0.25) is 5.02 Å². The summed E-state index contributed by atoms with van der Waals surface area (Å²) in [5.41, 5.74) is 1.56. The number of methoxy groups -OCH3 is 1. The Morgan fingerprint density at radius 2 is 1.95 bits per heavy atom. The van der Waals surface area contributed by atoms with Crippen molar-refractivity contribution in [3.8, 4) is 5.75 Å². The second-order valence-electron chi connectivity index (χ2n) is 4.25. The van der Waals surface area contributed by atoms with Gasteiger partial charge < -0.3 is 4.74 Å². The highest BCUT2D eigenvalue weighted by Gasteiger charge is 2.19. The zero-order chi connectivity index (χ0) is 14.9. The molecule has 0 atom stereocenters. The van der Waals surface area contributed by atoms with Crippen molar-refractivity contribution >= 4 is 33.3 Å². The van der Waals surface area contributed by atoms with E-state index in [9.17, 15) is 9.18 Å². The van der Waals surface area contributed by atoms with Crippen LogP contribution in [0.5, 0.6) is 5.75 Å². The summed E-state index contributed by atoms with van der Waals surface area (Å²) in [4.78, 5) is 12.6. The minimum atomic E-state index is -0.480. The van der Waals surface area contributed by atoms with E-state index in [0.29, 0.717) is 16.1 Å². The zero-order valence-corrected chi connectivity index (χ0v) is 13.2. The first-order valence-corrected chi connectivity index (χ1v) is 6.95. The number of benzene rings is 2. The molecule has 0 aromatic heterocycles. The molecule has 0 radical (unpaired) electrons. The van der Waals surface area contributed by atoms with Gasteiger partial charge in [0.1, 0.15) is 11.6 Å². The minimum absolute atomic E-state index is 0.199. The molecule has 5 heteroatoms. The number of hydrogen-bond donors (Lipinski definition) is 0. The molecule has 2 aromatic rings. The van der Waals surface area contributed by atoms with Crippen LogP contribution < -0.4 is 4.74 Å². The van der Waals surface area contributed by atoms with Crippen molar-refractivity contribution < 1.29 is 13.9 Å². The predicted octanol–water partition coefficient (Wildman–Crippen LogP) is 4.79. The van der Waals surface area contributed by atoms with Crippen LogP contribution >= 0.6 is 27.5 Å². The van der Waals surface area contributed by atoms with Gasteiger partial charge in [-0.05, 0) is 52.7 Å². The van der Waals surface area contributed by atoms with Crippen LogP contribution in [0.15, 0.2) is 34.8 Å². The highest BCUT2D eigenvalue weighted by atomic mass is 79.9. The normalized spacial score (nSPS) is 10.4. The highest BCUT2D eigenvalue weighted by molar-refractivity contribution is 9.10. The Morgan fingerprint density at radius 3 is 2.55 bits per heavy atom. The molecule has 0 amide bonds. The molecule has 0 N–H and O–H groups in total. The van der Waals surface area contributed by atoms with Crippen LogP contribution in [0, 0.1) is 12.7 Å². The molecule has 0 saturated carbocycles. The Balaban J connectivity index is 2.55. The molecule has 20 heavy (non-hydrogen) atoms. The van der Waals surface area contributed by atoms with Crippen LogP contribution in [0.1, 0.15) is 21.5 Å². The zero-order valence-electron chi connectivity index (χ0n) is 10.8. The number of carbonyl (C=O) groups is 1. The molecular weight excluding hydrogens is 347 g/mol. The second kappa shape index (κ2) is 5.94. The van der Waals surface area contributed by atoms with Gasteiger partial charge in [-0.15, -0.1) is 0 Å². The summed E-state index contributed by atoms with van der Waals surface area (Å²) >= 11 is 8.96. The third-order valence-corrected chi connectivity index (χ3v) is 3.76. The van der Waals surface area contributed by atoms with Gasteiger partial charge in [0.15, 0.2) is 5.78 Å². The van der Waals surface area contributed by atoms with E-state index >= 15 is 0 Å². The summed E-state index contributed by atoms with van der Waals surface area (Å²) in [5, 5.41) is 0.561. The Morgan fingerprint density at radius 1 is 1.25 bits per heavy atom. The lowest BCUT2D eigenvalue weighted by atomic mass is 9.98. The Hall–Kier alpha value is -1.39. The first-order chi connectivity index (χ1) is 9.43. The fraction of sp³-hybridized carbons (Fsp3) is 0.133. The maximum Gasteiger partial charge on any atom is 0.197 e. The molecule has 2 rings (SSSR count). The summed E-state index contributed by atoms with van der Waals surface area (Å²) in [6, 6.07) is 7.61. The average molecular weight is 358 g/mol. The lowest BCUT2D eigenvalue weighted by Gasteiger charge is -2.11. The summed E-state index contributed by atoms with van der Waals surface area (Å²) < 4.78 is 18.8. The van der Waals surface area contributed by atoms with E-state index < -0.39 is 5.82 Å². The Bertz CT molecular complexity index is 686. The lowest BCUT2D eigenvalue weighted by molar-refractivity contribution is 0.103. The molecule has 104 valence electrons. The molecular formula is C15H11BrClFO2. The molecule has 0 aliphatic heterocycles. The fourth-order valence-electron chi connectivity index (χ4n) is 1.90. The molecule has 0 fully saturated rings. The molecule has 0 unspecified atom stereocenters. The summed E-state index contributed by atoms with van der Waals surface area (Å²) in [5.74, 6) is -0.520. The number of carbonyl (C=O) groups excluding carboxylic acids is 1. The largest absolute Gasteiger partial charge is 0.496 e. The van der Waals surface area contributed by atoms with E-state index in [0.717, 1.165) is 5.56 Å². The number of ketones is 1. The van der Waals surface area contributed by atoms with Gasteiger partial charge in [0, 0.05) is 16.7 Å². The van der Waals surface area contributed by atoms with Crippen LogP contribution in [0.25, 0.3) is 0 Å². The standard InChI is InChI=1S/C15H11BrClFO2/c1-8-5-9(17)3-4-10(8)15(19)11-6-12(16)13(18)7-14(11)20-2/h3-7H,1-2H3. The van der Waals surface area contributed by atoms with Gasteiger partial charge in [-0.1, -0.05) is 11.6 Å². The smallest absolute Gasteiger partial charge is 0.197 e. The molecule has 0 bridgehead atoms. The second-order valence-corrected chi connectivity index (χ2v) is 5.55. The van der Waals surface area contributed by atoms with Gasteiger partial charge in [-0.3, -0.25) is 4.79 Å². The van der Waals surface area contributed by atoms with Crippen LogP contribution in [-0.4, -0.2) is 12.9 Å². The fourth-order valence-corrected chi connectivity index (χ4v) is 2.47. The van der Waals surface area contributed by atoms with Crippen LogP contribution in [0.3, 0.4) is 0 Å². The highest BCUT2D eigenvalue weighted by Crippen LogP contribution is 2.29. The van der Waals surface area contributed by atoms with Crippen LogP contribution in [-0.2, 0) is 0 Å². The summed E-state index contributed by atoms with van der Waals surface area (Å²) in [6.07, 6.45) is 0. The number of ether oxygens (including phenoxy) is 1. The molecule has 0 saturated heterocycles. The quantitative estimate of drug-likeness (QED) is 0.738. The summed E-state index contributed by atoms with van der Waals surface area (Å²) in [7, 11) is 1.40. The van der Waals surface area contributed by atoms with Crippen molar-refractivity contribution in [2.24, 2.45) is 0 Å². The van der Waals surface area contributed by atoms with E-state index in [-0.39, 0.29) is 16.0 Å². The van der Waals surface area contributed by atoms with E-state index in [1.165, 1.54) is 19.2 Å². The van der Waals surface area contributed by atoms with E-state index in [1.807, 2.05) is 0 Å². The number of halogens is 3. The SMILES string of the molecule is COc1cc(F)c(Br)cc1C(=O)c1ccc(Cl)cc1C. The van der Waals surface area contributed by atoms with Gasteiger partial charge in [0.2, 0.25) is 0 Å². The molecule has 2 aromatic carbocycles. The first-order valence-electron chi connectivity index (χ1n) is 5.78. The third-order valence-electron chi connectivity index (χ3n) is 2.92. The topological polar surface area (TPSA) is 26.3 Å². The minimum Gasteiger partial charge on any atom is -0.496 e. The van der Waals surface area contributed by atoms with Crippen LogP contribution in [0.4, 0.5) is 4.39 Å². The van der Waals surface area contributed by atoms with Gasteiger partial charge in [0.05, 0.1) is 17.1 Å². The maximum absolute atomic E-state index is 13.5. The molecule has 0 aliphatic carbocycles. The Labute approximate surface area is 129 Å². The Kier molecular flexibility index (Phi) is 4.45. The molecule has 0 spiro atoms. The number of aryl methyl sites for hydroxylation is 1. The van der Waals surface area contributed by atoms with Gasteiger partial charge in [-0.2, -0.15) is 0 Å². The van der Waals surface area contributed by atoms with Crippen molar-refractivity contribution in [1.82, 2.24) is 0 Å². The predicted molar refractivity (Wildman–Crippen MR) is 80.3 cm³/mol.